The lowest BCUT2D eigenvalue weighted by atomic mass is 10.1. The fraction of sp³-hybridized carbons (Fsp3) is 0.286. The highest BCUT2D eigenvalue weighted by molar-refractivity contribution is 7.99. The molecule has 1 N–H and O–H groups in total. The van der Waals surface area contributed by atoms with Gasteiger partial charge in [-0.15, -0.1) is 0 Å². The van der Waals surface area contributed by atoms with Gasteiger partial charge in [-0.3, -0.25) is 9.69 Å². The number of thioether (sulfide) groups is 1. The standard InChI is InChI=1S/C21H23FN2O2S/c1-26-20-8-6-16(14-18(20)22)7-9-21(25)23-19-5-3-2-4-17(19)15-24-10-12-27-13-11-24/h2-9,14H,10-13,15H2,1H3,(H,23,25)/b9-7+. The number of nitrogens with one attached hydrogen (secondary N) is 1. The molecule has 0 bridgehead atoms. The van der Waals surface area contributed by atoms with Crippen molar-refractivity contribution in [3.63, 3.8) is 0 Å². The van der Waals surface area contributed by atoms with Crippen LogP contribution in [-0.2, 0) is 11.3 Å². The van der Waals surface area contributed by atoms with Crippen molar-refractivity contribution in [2.24, 2.45) is 0 Å². The van der Waals surface area contributed by atoms with Crippen molar-refractivity contribution < 1.29 is 13.9 Å². The first-order valence-electron chi connectivity index (χ1n) is 8.86. The maximum atomic E-state index is 13.7. The molecule has 0 aromatic heterocycles. The molecular formula is C21H23FN2O2S. The molecule has 3 rings (SSSR count). The average molecular weight is 386 g/mol. The lowest BCUT2D eigenvalue weighted by Crippen LogP contribution is -2.32. The Morgan fingerprint density at radius 2 is 2.04 bits per heavy atom. The number of benzene rings is 2. The predicted molar refractivity (Wildman–Crippen MR) is 110 cm³/mol. The molecule has 0 saturated carbocycles. The molecule has 0 spiro atoms. The van der Waals surface area contributed by atoms with Crippen molar-refractivity contribution in [2.75, 3.05) is 37.0 Å². The lowest BCUT2D eigenvalue weighted by Gasteiger charge is -2.27. The molecule has 1 aliphatic rings. The van der Waals surface area contributed by atoms with Gasteiger partial charge in [0.2, 0.25) is 5.91 Å². The summed E-state index contributed by atoms with van der Waals surface area (Å²) in [5, 5.41) is 2.93. The van der Waals surface area contributed by atoms with Crippen molar-refractivity contribution in [1.82, 2.24) is 4.90 Å². The van der Waals surface area contributed by atoms with Crippen molar-refractivity contribution in [3.8, 4) is 5.75 Å². The molecule has 0 unspecified atom stereocenters. The van der Waals surface area contributed by atoms with E-state index < -0.39 is 5.82 Å². The Kier molecular flexibility index (Phi) is 6.90. The number of ether oxygens (including phenoxy) is 1. The molecule has 1 heterocycles. The summed E-state index contributed by atoms with van der Waals surface area (Å²) in [5.41, 5.74) is 2.51. The molecule has 27 heavy (non-hydrogen) atoms. The van der Waals surface area contributed by atoms with Crippen LogP contribution in [0.1, 0.15) is 11.1 Å². The van der Waals surface area contributed by atoms with Gasteiger partial charge in [-0.2, -0.15) is 11.8 Å². The minimum Gasteiger partial charge on any atom is -0.494 e. The normalized spacial score (nSPS) is 15.0. The highest BCUT2D eigenvalue weighted by Gasteiger charge is 2.13. The number of methoxy groups -OCH3 is 1. The Morgan fingerprint density at radius 1 is 1.26 bits per heavy atom. The van der Waals surface area contributed by atoms with Crippen LogP contribution in [0.15, 0.2) is 48.5 Å². The average Bonchev–Trinajstić information content (AvgIpc) is 2.69. The maximum absolute atomic E-state index is 13.7. The summed E-state index contributed by atoms with van der Waals surface area (Å²) in [5.74, 6) is 1.78. The second kappa shape index (κ2) is 9.58. The summed E-state index contributed by atoms with van der Waals surface area (Å²) in [4.78, 5) is 14.7. The summed E-state index contributed by atoms with van der Waals surface area (Å²) in [6.45, 7) is 2.95. The Bertz CT molecular complexity index is 820. The number of para-hydroxylation sites is 1. The monoisotopic (exact) mass is 386 g/mol. The van der Waals surface area contributed by atoms with E-state index in [0.29, 0.717) is 5.56 Å². The van der Waals surface area contributed by atoms with Gasteiger partial charge in [-0.1, -0.05) is 24.3 Å². The zero-order valence-electron chi connectivity index (χ0n) is 15.3. The number of amides is 1. The van der Waals surface area contributed by atoms with Gasteiger partial charge < -0.3 is 10.1 Å². The number of carbonyl (C=O) groups is 1. The van der Waals surface area contributed by atoms with Crippen LogP contribution in [-0.4, -0.2) is 42.5 Å². The van der Waals surface area contributed by atoms with Crippen molar-refractivity contribution in [3.05, 3.63) is 65.5 Å². The largest absolute Gasteiger partial charge is 0.494 e. The molecule has 142 valence electrons. The Labute approximate surface area is 163 Å². The summed E-state index contributed by atoms with van der Waals surface area (Å²) in [6, 6.07) is 12.4. The molecule has 1 amide bonds. The number of nitrogens with zero attached hydrogens (tertiary/aromatic N) is 1. The molecule has 0 radical (unpaired) electrons. The van der Waals surface area contributed by atoms with E-state index in [-0.39, 0.29) is 11.7 Å². The zero-order valence-corrected chi connectivity index (χ0v) is 16.1. The third kappa shape index (κ3) is 5.58. The molecule has 1 saturated heterocycles. The number of hydrogen-bond acceptors (Lipinski definition) is 4. The number of hydrogen-bond donors (Lipinski definition) is 1. The van der Waals surface area contributed by atoms with Gasteiger partial charge in [-0.25, -0.2) is 4.39 Å². The molecule has 0 aliphatic carbocycles. The van der Waals surface area contributed by atoms with Gasteiger partial charge in [0.05, 0.1) is 7.11 Å². The van der Waals surface area contributed by atoms with E-state index in [1.807, 2.05) is 36.0 Å². The first-order chi connectivity index (χ1) is 13.2. The van der Waals surface area contributed by atoms with Gasteiger partial charge in [0, 0.05) is 42.9 Å². The SMILES string of the molecule is COc1ccc(/C=C/C(=O)Nc2ccccc2CN2CCSCC2)cc1F. The van der Waals surface area contributed by atoms with Crippen LogP contribution in [0.25, 0.3) is 6.08 Å². The van der Waals surface area contributed by atoms with Gasteiger partial charge in [0.15, 0.2) is 11.6 Å². The highest BCUT2D eigenvalue weighted by Crippen LogP contribution is 2.21. The molecule has 2 aromatic rings. The number of halogens is 1. The lowest BCUT2D eigenvalue weighted by molar-refractivity contribution is -0.111. The van der Waals surface area contributed by atoms with Gasteiger partial charge in [-0.05, 0) is 35.4 Å². The van der Waals surface area contributed by atoms with E-state index in [1.165, 1.54) is 19.3 Å². The van der Waals surface area contributed by atoms with E-state index >= 15 is 0 Å². The maximum Gasteiger partial charge on any atom is 0.248 e. The smallest absolute Gasteiger partial charge is 0.248 e. The number of rotatable bonds is 6. The van der Waals surface area contributed by atoms with Gasteiger partial charge in [0.25, 0.3) is 0 Å². The third-order valence-corrected chi connectivity index (χ3v) is 5.32. The Balaban J connectivity index is 1.64. The first kappa shape index (κ1) is 19.5. The highest BCUT2D eigenvalue weighted by atomic mass is 32.2. The van der Waals surface area contributed by atoms with Crippen molar-refractivity contribution in [1.29, 1.82) is 0 Å². The summed E-state index contributed by atoms with van der Waals surface area (Å²) in [6.07, 6.45) is 3.00. The molecular weight excluding hydrogens is 363 g/mol. The third-order valence-electron chi connectivity index (χ3n) is 4.38. The topological polar surface area (TPSA) is 41.6 Å². The van der Waals surface area contributed by atoms with E-state index in [9.17, 15) is 9.18 Å². The molecule has 2 aromatic carbocycles. The minimum absolute atomic E-state index is 0.182. The van der Waals surface area contributed by atoms with E-state index in [2.05, 4.69) is 10.2 Å². The molecule has 1 aliphatic heterocycles. The Hall–Kier alpha value is -2.31. The minimum atomic E-state index is -0.454. The summed E-state index contributed by atoms with van der Waals surface area (Å²) < 4.78 is 18.6. The van der Waals surface area contributed by atoms with E-state index in [4.69, 9.17) is 4.74 Å². The van der Waals surface area contributed by atoms with Crippen LogP contribution < -0.4 is 10.1 Å². The molecule has 0 atom stereocenters. The summed E-state index contributed by atoms with van der Waals surface area (Å²) in [7, 11) is 1.42. The molecule has 4 nitrogen and oxygen atoms in total. The molecule has 1 fully saturated rings. The van der Waals surface area contributed by atoms with Crippen LogP contribution >= 0.6 is 11.8 Å². The second-order valence-electron chi connectivity index (χ2n) is 6.26. The Morgan fingerprint density at radius 3 is 2.78 bits per heavy atom. The zero-order chi connectivity index (χ0) is 19.1. The van der Waals surface area contributed by atoms with Gasteiger partial charge in [0.1, 0.15) is 0 Å². The van der Waals surface area contributed by atoms with Crippen LogP contribution in [0.5, 0.6) is 5.75 Å². The van der Waals surface area contributed by atoms with Crippen LogP contribution in [0, 0.1) is 5.82 Å². The fourth-order valence-corrected chi connectivity index (χ4v) is 3.89. The van der Waals surface area contributed by atoms with Gasteiger partial charge >= 0.3 is 0 Å². The van der Waals surface area contributed by atoms with Crippen LogP contribution in [0.3, 0.4) is 0 Å². The fourth-order valence-electron chi connectivity index (χ4n) is 2.91. The number of carbonyl (C=O) groups excluding carboxylic acids is 1. The van der Waals surface area contributed by atoms with Crippen LogP contribution in [0.2, 0.25) is 0 Å². The van der Waals surface area contributed by atoms with E-state index in [1.54, 1.807) is 18.2 Å². The molecule has 6 heteroatoms. The first-order valence-corrected chi connectivity index (χ1v) is 10.0. The quantitative estimate of drug-likeness (QED) is 0.761. The van der Waals surface area contributed by atoms with Crippen molar-refractivity contribution >= 4 is 29.4 Å². The second-order valence-corrected chi connectivity index (χ2v) is 7.49. The number of anilines is 1. The van der Waals surface area contributed by atoms with Crippen molar-refractivity contribution in [2.45, 2.75) is 6.54 Å². The van der Waals surface area contributed by atoms with Crippen LogP contribution in [0.4, 0.5) is 10.1 Å². The summed E-state index contributed by atoms with van der Waals surface area (Å²) >= 11 is 1.98. The predicted octanol–water partition coefficient (Wildman–Crippen LogP) is 4.04. The van der Waals surface area contributed by atoms with E-state index in [0.717, 1.165) is 42.4 Å².